The van der Waals surface area contributed by atoms with Crippen LogP contribution in [-0.4, -0.2) is 66.3 Å². The van der Waals surface area contributed by atoms with E-state index in [1.165, 1.54) is 10.4 Å². The highest BCUT2D eigenvalue weighted by Crippen LogP contribution is 2.34. The number of ether oxygens (including phenoxy) is 2. The van der Waals surface area contributed by atoms with Gasteiger partial charge in [0.1, 0.15) is 24.7 Å². The molecule has 2 aromatic heterocycles. The number of nitrogens with zero attached hydrogens (tertiary/aromatic N) is 2. The summed E-state index contributed by atoms with van der Waals surface area (Å²) in [5, 5.41) is 12.5. The maximum absolute atomic E-state index is 13.4. The summed E-state index contributed by atoms with van der Waals surface area (Å²) in [4.78, 5) is 18.7. The van der Waals surface area contributed by atoms with Gasteiger partial charge in [-0.2, -0.15) is 0 Å². The van der Waals surface area contributed by atoms with Crippen molar-refractivity contribution < 1.29 is 23.8 Å². The monoisotopic (exact) mass is 498 g/mol. The molecule has 0 unspecified atom stereocenters. The number of carbonyl (C=O) groups excluding carboxylic acids is 1. The van der Waals surface area contributed by atoms with Gasteiger partial charge in [0, 0.05) is 18.0 Å². The molecule has 0 saturated carbocycles. The minimum atomic E-state index is -0.692. The van der Waals surface area contributed by atoms with E-state index in [2.05, 4.69) is 11.4 Å². The largest absolute Gasteiger partial charge is 0.491 e. The lowest BCUT2D eigenvalue weighted by atomic mass is 10.0. The van der Waals surface area contributed by atoms with E-state index in [0.29, 0.717) is 32.8 Å². The van der Waals surface area contributed by atoms with Gasteiger partial charge in [0.2, 0.25) is 5.91 Å². The smallest absolute Gasteiger partial charge is 0.237 e. The molecule has 0 fully saturated rings. The van der Waals surface area contributed by atoms with Crippen molar-refractivity contribution in [3.05, 3.63) is 75.9 Å². The molecule has 7 nitrogen and oxygen atoms in total. The predicted molar refractivity (Wildman–Crippen MR) is 136 cm³/mol. The molecule has 1 amide bonds. The van der Waals surface area contributed by atoms with Crippen LogP contribution in [0.3, 0.4) is 0 Å². The Morgan fingerprint density at radius 2 is 2.14 bits per heavy atom. The van der Waals surface area contributed by atoms with Crippen LogP contribution in [-0.2, 0) is 22.6 Å². The van der Waals surface area contributed by atoms with Gasteiger partial charge in [0.15, 0.2) is 0 Å². The van der Waals surface area contributed by atoms with Crippen LogP contribution in [0.25, 0.3) is 0 Å². The van der Waals surface area contributed by atoms with Gasteiger partial charge in [-0.1, -0.05) is 25.1 Å². The minimum Gasteiger partial charge on any atom is -0.491 e. The Morgan fingerprint density at radius 1 is 1.29 bits per heavy atom. The van der Waals surface area contributed by atoms with E-state index in [1.807, 2.05) is 54.0 Å². The zero-order chi connectivity index (χ0) is 24.6. The first-order valence-electron chi connectivity index (χ1n) is 12.1. The van der Waals surface area contributed by atoms with Gasteiger partial charge in [0.05, 0.1) is 31.6 Å². The Bertz CT molecular complexity index is 1070. The summed E-state index contributed by atoms with van der Waals surface area (Å²) in [7, 11) is 0. The summed E-state index contributed by atoms with van der Waals surface area (Å²) in [6, 6.07) is 13.6. The molecule has 1 aromatic carbocycles. The van der Waals surface area contributed by atoms with Gasteiger partial charge < -0.3 is 23.9 Å². The number of thiophene rings is 1. The molecule has 35 heavy (non-hydrogen) atoms. The first-order chi connectivity index (χ1) is 17.0. The zero-order valence-corrected chi connectivity index (χ0v) is 21.2. The Labute approximate surface area is 210 Å². The summed E-state index contributed by atoms with van der Waals surface area (Å²) in [6.07, 6.45) is 1.76. The van der Waals surface area contributed by atoms with Crippen molar-refractivity contribution in [2.75, 3.05) is 39.4 Å². The molecular formula is C27H34N2O5S. The summed E-state index contributed by atoms with van der Waals surface area (Å²) < 4.78 is 17.0. The van der Waals surface area contributed by atoms with Crippen LogP contribution in [0, 0.1) is 6.92 Å². The lowest BCUT2D eigenvalue weighted by molar-refractivity contribution is -0.136. The predicted octanol–water partition coefficient (Wildman–Crippen LogP) is 4.05. The van der Waals surface area contributed by atoms with Crippen molar-refractivity contribution in [1.29, 1.82) is 0 Å². The molecule has 8 heteroatoms. The molecule has 1 aliphatic heterocycles. The highest BCUT2D eigenvalue weighted by atomic mass is 32.1. The topological polar surface area (TPSA) is 75.4 Å². The minimum absolute atomic E-state index is 0.0470. The number of carbonyl (C=O) groups is 1. The zero-order valence-electron chi connectivity index (χ0n) is 20.4. The van der Waals surface area contributed by atoms with E-state index >= 15 is 0 Å². The number of likely N-dealkylation sites (N-methyl/N-ethyl adjacent to an activating group) is 1. The SMILES string of the molecule is CCN(CC(=O)N1CCc2sccc2[C@H]1COc1ccccc1C)C[C@H](O)COCc1ccco1. The molecule has 3 aromatic rings. The number of hydrogen-bond acceptors (Lipinski definition) is 7. The van der Waals surface area contributed by atoms with Crippen molar-refractivity contribution in [2.24, 2.45) is 0 Å². The second kappa shape index (κ2) is 12.4. The van der Waals surface area contributed by atoms with E-state index in [9.17, 15) is 9.90 Å². The van der Waals surface area contributed by atoms with Crippen LogP contribution in [0.1, 0.15) is 34.7 Å². The summed E-state index contributed by atoms with van der Waals surface area (Å²) in [5.74, 6) is 1.61. The van der Waals surface area contributed by atoms with Crippen LogP contribution in [0.4, 0.5) is 0 Å². The number of rotatable bonds is 12. The number of fused-ring (bicyclic) bond motifs is 1. The molecule has 2 atom stereocenters. The van der Waals surface area contributed by atoms with Crippen molar-refractivity contribution in [3.63, 3.8) is 0 Å². The van der Waals surface area contributed by atoms with Crippen molar-refractivity contribution >= 4 is 17.2 Å². The van der Waals surface area contributed by atoms with Gasteiger partial charge in [-0.3, -0.25) is 9.69 Å². The number of aryl methyl sites for hydroxylation is 1. The van der Waals surface area contributed by atoms with Crippen molar-refractivity contribution in [2.45, 2.75) is 39.0 Å². The average Bonchev–Trinajstić information content (AvgIpc) is 3.55. The molecule has 0 spiro atoms. The molecule has 1 aliphatic rings. The van der Waals surface area contributed by atoms with E-state index in [4.69, 9.17) is 13.9 Å². The fourth-order valence-electron chi connectivity index (χ4n) is 4.39. The van der Waals surface area contributed by atoms with E-state index in [1.54, 1.807) is 23.7 Å². The van der Waals surface area contributed by atoms with Gasteiger partial charge in [-0.25, -0.2) is 0 Å². The van der Waals surface area contributed by atoms with Gasteiger partial charge in [-0.05, 0) is 60.7 Å². The number of benzene rings is 1. The molecule has 0 saturated heterocycles. The number of furan rings is 1. The Kier molecular flexibility index (Phi) is 8.98. The van der Waals surface area contributed by atoms with Crippen LogP contribution in [0.2, 0.25) is 0 Å². The fraction of sp³-hybridized carbons (Fsp3) is 0.444. The third kappa shape index (κ3) is 6.73. The highest BCUT2D eigenvalue weighted by molar-refractivity contribution is 7.10. The molecule has 0 bridgehead atoms. The van der Waals surface area contributed by atoms with E-state index in [-0.39, 0.29) is 25.1 Å². The van der Waals surface area contributed by atoms with Crippen LogP contribution in [0.5, 0.6) is 5.75 Å². The Morgan fingerprint density at radius 3 is 2.91 bits per heavy atom. The van der Waals surface area contributed by atoms with Gasteiger partial charge in [0.25, 0.3) is 0 Å². The average molecular weight is 499 g/mol. The second-order valence-electron chi connectivity index (χ2n) is 8.80. The van der Waals surface area contributed by atoms with Crippen LogP contribution < -0.4 is 4.74 Å². The fourth-order valence-corrected chi connectivity index (χ4v) is 5.32. The third-order valence-electron chi connectivity index (χ3n) is 6.32. The normalized spacial score (nSPS) is 16.3. The molecule has 3 heterocycles. The van der Waals surface area contributed by atoms with Crippen LogP contribution in [0.15, 0.2) is 58.5 Å². The number of hydrogen-bond donors (Lipinski definition) is 1. The number of aliphatic hydroxyl groups is 1. The molecular weight excluding hydrogens is 464 g/mol. The third-order valence-corrected chi connectivity index (χ3v) is 7.31. The Hall–Kier alpha value is -2.65. The number of para-hydroxylation sites is 1. The lowest BCUT2D eigenvalue weighted by Gasteiger charge is -2.37. The first kappa shape index (κ1) is 25.4. The van der Waals surface area contributed by atoms with Crippen LogP contribution >= 0.6 is 11.3 Å². The van der Waals surface area contributed by atoms with Gasteiger partial charge >= 0.3 is 0 Å². The second-order valence-corrected chi connectivity index (χ2v) is 9.81. The summed E-state index contributed by atoms with van der Waals surface area (Å²) in [5.41, 5.74) is 2.25. The number of amides is 1. The van der Waals surface area contributed by atoms with E-state index in [0.717, 1.165) is 23.5 Å². The summed E-state index contributed by atoms with van der Waals surface area (Å²) in [6.45, 7) is 6.86. The lowest BCUT2D eigenvalue weighted by Crippen LogP contribution is -2.48. The first-order valence-corrected chi connectivity index (χ1v) is 13.0. The summed E-state index contributed by atoms with van der Waals surface area (Å²) >= 11 is 1.74. The van der Waals surface area contributed by atoms with E-state index < -0.39 is 6.10 Å². The maximum atomic E-state index is 13.4. The molecule has 1 N–H and O–H groups in total. The number of aliphatic hydroxyl groups excluding tert-OH is 1. The maximum Gasteiger partial charge on any atom is 0.237 e. The highest BCUT2D eigenvalue weighted by Gasteiger charge is 2.33. The Balaban J connectivity index is 1.35. The molecule has 0 radical (unpaired) electrons. The molecule has 188 valence electrons. The standard InChI is InChI=1S/C27H34N2O5S/c1-3-28(15-21(30)17-32-18-22-8-6-13-33-22)16-27(31)29-12-10-26-23(11-14-35-26)24(29)19-34-25-9-5-4-7-20(25)2/h4-9,11,13-14,21,24,30H,3,10,12,15-19H2,1-2H3/t21-,24+/m0/s1. The van der Waals surface area contributed by atoms with Gasteiger partial charge in [-0.15, -0.1) is 11.3 Å². The molecule has 4 rings (SSSR count). The van der Waals surface area contributed by atoms with Crippen molar-refractivity contribution in [3.8, 4) is 5.75 Å². The quantitative estimate of drug-likeness (QED) is 0.406. The van der Waals surface area contributed by atoms with Crippen molar-refractivity contribution in [1.82, 2.24) is 9.80 Å². The molecule has 0 aliphatic carbocycles.